The lowest BCUT2D eigenvalue weighted by atomic mass is 10.1. The predicted octanol–water partition coefficient (Wildman–Crippen LogP) is 7.33. The van der Waals surface area contributed by atoms with Gasteiger partial charge in [-0.1, -0.05) is 88.6 Å². The first-order valence-corrected chi connectivity index (χ1v) is 20.8. The molecule has 0 radical (unpaired) electrons. The van der Waals surface area contributed by atoms with Gasteiger partial charge in [-0.3, -0.25) is 18.7 Å². The highest BCUT2D eigenvalue weighted by atomic mass is 31.2. The smallest absolute Gasteiger partial charge is 0.323 e. The molecule has 0 bridgehead atoms. The van der Waals surface area contributed by atoms with Crippen LogP contribution < -0.4 is 21.4 Å². The van der Waals surface area contributed by atoms with Gasteiger partial charge in [-0.2, -0.15) is 9.97 Å². The Labute approximate surface area is 313 Å². The van der Waals surface area contributed by atoms with E-state index in [2.05, 4.69) is 44.4 Å². The van der Waals surface area contributed by atoms with E-state index in [1.165, 1.54) is 57.7 Å². The minimum Gasteiger partial charge on any atom is -0.465 e. The van der Waals surface area contributed by atoms with Gasteiger partial charge >= 0.3 is 13.5 Å². The zero-order chi connectivity index (χ0) is 37.9. The van der Waals surface area contributed by atoms with E-state index in [1.54, 1.807) is 48.7 Å². The minimum atomic E-state index is -3.74. The Morgan fingerprint density at radius 2 is 1.68 bits per heavy atom. The molecule has 4 rings (SSSR count). The van der Waals surface area contributed by atoms with E-state index >= 15 is 0 Å². The summed E-state index contributed by atoms with van der Waals surface area (Å²) in [4.78, 5) is 38.2. The summed E-state index contributed by atoms with van der Waals surface area (Å²) < 4.78 is 38.5. The summed E-state index contributed by atoms with van der Waals surface area (Å²) in [6.07, 6.45) is 20.5. The van der Waals surface area contributed by atoms with Gasteiger partial charge in [0.2, 0.25) is 11.9 Å². The maximum atomic E-state index is 14.0. The van der Waals surface area contributed by atoms with Crippen molar-refractivity contribution < 1.29 is 32.9 Å². The number of nitrogens with two attached hydrogens (primary N) is 1. The molecule has 4 atom stereocenters. The summed E-state index contributed by atoms with van der Waals surface area (Å²) in [5.74, 6) is -0.510. The summed E-state index contributed by atoms with van der Waals surface area (Å²) in [7, 11) is -3.74. The van der Waals surface area contributed by atoms with Crippen LogP contribution in [0.2, 0.25) is 0 Å². The van der Waals surface area contributed by atoms with Crippen molar-refractivity contribution >= 4 is 47.6 Å². The van der Waals surface area contributed by atoms with Gasteiger partial charge in [0.25, 0.3) is 0 Å². The van der Waals surface area contributed by atoms with Crippen molar-refractivity contribution in [2.75, 3.05) is 30.9 Å². The average Bonchev–Trinajstić information content (AvgIpc) is 3.80. The largest absolute Gasteiger partial charge is 0.465 e. The summed E-state index contributed by atoms with van der Waals surface area (Å²) in [5.41, 5.74) is 6.77. The van der Waals surface area contributed by atoms with Crippen LogP contribution in [-0.2, 0) is 32.9 Å². The second-order valence-corrected chi connectivity index (χ2v) is 15.4. The molecule has 3 aromatic rings. The molecule has 1 amide bonds. The van der Waals surface area contributed by atoms with Gasteiger partial charge in [0.05, 0.1) is 24.8 Å². The summed E-state index contributed by atoms with van der Waals surface area (Å²) >= 11 is 0. The molecular formula is C38H58N7O7P. The second-order valence-electron chi connectivity index (χ2n) is 13.3. The number of ether oxygens (including phenoxy) is 3. The van der Waals surface area contributed by atoms with Crippen LogP contribution in [0.15, 0.2) is 48.8 Å². The SMILES string of the molecule is CCCCCCCC/C=C\CCCCCCCC(=O)Nc1nc(N)nc2c1ncn2[C@H]1CO[C@@H](COP(=O)(N[C@@H](C)C(=O)OCC)c2ccccc2)O1. The first-order valence-electron chi connectivity index (χ1n) is 19.2. The number of benzene rings is 1. The van der Waals surface area contributed by atoms with Gasteiger partial charge in [-0.05, 0) is 58.1 Å². The predicted molar refractivity (Wildman–Crippen MR) is 207 cm³/mol. The zero-order valence-corrected chi connectivity index (χ0v) is 32.4. The standard InChI is InChI=1S/C38H58N7O7P/c1-4-6-7-8-9-10-11-12-13-14-15-16-17-18-22-25-31(46)41-35-34-36(43-38(39)42-35)45(28-40-34)32-26-50-33(52-32)27-51-53(48,30-23-20-19-21-24-30)44-29(3)37(47)49-5-2/h12-13,19-21,23-24,28-29,32-33H,4-11,14-18,22,25-27H2,1-3H3,(H,44,48)(H3,39,41,42,43,46)/b13-12-/t29-,32+,33+,53?/m0/s1. The van der Waals surface area contributed by atoms with E-state index in [-0.39, 0.29) is 37.5 Å². The number of imidazole rings is 1. The molecule has 1 aliphatic rings. The number of unbranched alkanes of at least 4 members (excludes halogenated alkanes) is 11. The van der Waals surface area contributed by atoms with Gasteiger partial charge in [-0.15, -0.1) is 0 Å². The summed E-state index contributed by atoms with van der Waals surface area (Å²) in [6, 6.07) is 7.67. The molecule has 14 nitrogen and oxygen atoms in total. The van der Waals surface area contributed by atoms with Crippen LogP contribution in [0.4, 0.5) is 11.8 Å². The number of nitrogens with zero attached hydrogens (tertiary/aromatic N) is 4. The normalized spacial score (nSPS) is 17.6. The molecular weight excluding hydrogens is 697 g/mol. The number of nitrogen functional groups attached to an aromatic ring is 1. The average molecular weight is 756 g/mol. The van der Waals surface area contributed by atoms with E-state index < -0.39 is 32.0 Å². The number of esters is 1. The van der Waals surface area contributed by atoms with Crippen LogP contribution in [-0.4, -0.2) is 63.5 Å². The van der Waals surface area contributed by atoms with Crippen molar-refractivity contribution in [2.24, 2.45) is 0 Å². The van der Waals surface area contributed by atoms with Crippen LogP contribution in [0.1, 0.15) is 117 Å². The number of rotatable bonds is 25. The fourth-order valence-corrected chi connectivity index (χ4v) is 7.89. The molecule has 3 heterocycles. The summed E-state index contributed by atoms with van der Waals surface area (Å²) in [5, 5.41) is 6.05. The maximum Gasteiger partial charge on any atom is 0.323 e. The van der Waals surface area contributed by atoms with Crippen molar-refractivity contribution in [1.82, 2.24) is 24.6 Å². The van der Waals surface area contributed by atoms with Crippen molar-refractivity contribution in [2.45, 2.75) is 129 Å². The van der Waals surface area contributed by atoms with Crippen LogP contribution >= 0.6 is 7.52 Å². The number of amides is 1. The van der Waals surface area contributed by atoms with E-state index in [9.17, 15) is 14.2 Å². The van der Waals surface area contributed by atoms with Gasteiger partial charge < -0.3 is 29.8 Å². The molecule has 15 heteroatoms. The Morgan fingerprint density at radius 1 is 1.00 bits per heavy atom. The zero-order valence-electron chi connectivity index (χ0n) is 31.5. The maximum absolute atomic E-state index is 14.0. The topological polar surface area (TPSA) is 182 Å². The molecule has 0 saturated carbocycles. The minimum absolute atomic E-state index is 0.0278. The number of hydrogen-bond donors (Lipinski definition) is 3. The Kier molecular flexibility index (Phi) is 17.9. The molecule has 1 unspecified atom stereocenters. The second kappa shape index (κ2) is 22.5. The quantitative estimate of drug-likeness (QED) is 0.0339. The highest BCUT2D eigenvalue weighted by Gasteiger charge is 2.35. The Morgan fingerprint density at radius 3 is 2.38 bits per heavy atom. The van der Waals surface area contributed by atoms with Crippen molar-refractivity contribution in [3.05, 3.63) is 48.8 Å². The lowest BCUT2D eigenvalue weighted by Gasteiger charge is -2.24. The monoisotopic (exact) mass is 755 g/mol. The molecule has 1 saturated heterocycles. The van der Waals surface area contributed by atoms with Crippen molar-refractivity contribution in [3.63, 3.8) is 0 Å². The molecule has 1 fully saturated rings. The van der Waals surface area contributed by atoms with Gasteiger partial charge in [0, 0.05) is 6.42 Å². The Balaban J connectivity index is 1.22. The van der Waals surface area contributed by atoms with Crippen LogP contribution in [0.3, 0.4) is 0 Å². The number of allylic oxidation sites excluding steroid dienone is 2. The molecule has 292 valence electrons. The lowest BCUT2D eigenvalue weighted by molar-refractivity contribution is -0.144. The number of anilines is 2. The fraction of sp³-hybridized carbons (Fsp3) is 0.605. The highest BCUT2D eigenvalue weighted by molar-refractivity contribution is 7.65. The first kappa shape index (κ1) is 42.1. The Hall–Kier alpha value is -3.68. The molecule has 0 spiro atoms. The molecule has 1 aromatic carbocycles. The van der Waals surface area contributed by atoms with Crippen molar-refractivity contribution in [1.29, 1.82) is 0 Å². The molecule has 53 heavy (non-hydrogen) atoms. The number of hydrogen-bond acceptors (Lipinski definition) is 11. The number of carbonyl (C=O) groups is 2. The third kappa shape index (κ3) is 13.6. The Bertz CT molecular complexity index is 1640. The summed E-state index contributed by atoms with van der Waals surface area (Å²) in [6.45, 7) is 5.61. The molecule has 2 aromatic heterocycles. The van der Waals surface area contributed by atoms with Crippen LogP contribution in [0.25, 0.3) is 11.2 Å². The first-order chi connectivity index (χ1) is 25.7. The van der Waals surface area contributed by atoms with Gasteiger partial charge in [0.15, 0.2) is 29.5 Å². The number of carbonyl (C=O) groups excluding carboxylic acids is 2. The van der Waals surface area contributed by atoms with Crippen molar-refractivity contribution in [3.8, 4) is 0 Å². The van der Waals surface area contributed by atoms with Crippen LogP contribution in [0, 0.1) is 0 Å². The number of aromatic nitrogens is 4. The van der Waals surface area contributed by atoms with Gasteiger partial charge in [-0.25, -0.2) is 10.1 Å². The molecule has 4 N–H and O–H groups in total. The lowest BCUT2D eigenvalue weighted by Crippen LogP contribution is -2.37. The number of fused-ring (bicyclic) bond motifs is 1. The third-order valence-corrected chi connectivity index (χ3v) is 11.1. The fourth-order valence-electron chi connectivity index (χ4n) is 6.01. The van der Waals surface area contributed by atoms with Gasteiger partial charge in [0.1, 0.15) is 12.6 Å². The van der Waals surface area contributed by atoms with E-state index in [0.29, 0.717) is 22.9 Å². The van der Waals surface area contributed by atoms with Crippen LogP contribution in [0.5, 0.6) is 0 Å². The van der Waals surface area contributed by atoms with E-state index in [1.807, 2.05) is 0 Å². The third-order valence-electron chi connectivity index (χ3n) is 8.90. The molecule has 0 aliphatic carbocycles. The van der Waals surface area contributed by atoms with E-state index in [0.717, 1.165) is 32.1 Å². The van der Waals surface area contributed by atoms with E-state index in [4.69, 9.17) is 24.5 Å². The molecule has 1 aliphatic heterocycles. The number of nitrogens with one attached hydrogen (secondary N) is 2. The highest BCUT2D eigenvalue weighted by Crippen LogP contribution is 2.43.